The second-order valence-electron chi connectivity index (χ2n) is 2.28. The molecule has 0 unspecified atom stereocenters. The molecule has 0 aliphatic rings. The van der Waals surface area contributed by atoms with Crippen molar-refractivity contribution >= 4 is 28.7 Å². The van der Waals surface area contributed by atoms with E-state index in [9.17, 15) is 0 Å². The summed E-state index contributed by atoms with van der Waals surface area (Å²) in [5, 5.41) is 0. The lowest BCUT2D eigenvalue weighted by molar-refractivity contribution is 1.45. The zero-order valence-corrected chi connectivity index (χ0v) is 8.50. The second-order valence-corrected chi connectivity index (χ2v) is 2.90. The third-order valence-corrected chi connectivity index (χ3v) is 1.85. The molecule has 0 saturated carbocycles. The summed E-state index contributed by atoms with van der Waals surface area (Å²) in [6.45, 7) is 2.10. The van der Waals surface area contributed by atoms with Gasteiger partial charge < -0.3 is 0 Å². The van der Waals surface area contributed by atoms with Crippen molar-refractivity contribution in [1.82, 2.24) is 0 Å². The minimum absolute atomic E-state index is 1.24. The predicted octanol–water partition coefficient (Wildman–Crippen LogP) is 3.56. The second kappa shape index (κ2) is 4.37. The molecule has 1 aromatic rings. The third-order valence-electron chi connectivity index (χ3n) is 1.49. The van der Waals surface area contributed by atoms with Crippen molar-refractivity contribution in [3.63, 3.8) is 0 Å². The van der Waals surface area contributed by atoms with Crippen molar-refractivity contribution in [2.24, 2.45) is 0 Å². The van der Waals surface area contributed by atoms with Crippen LogP contribution in [0.15, 0.2) is 34.1 Å². The van der Waals surface area contributed by atoms with Gasteiger partial charge in [-0.15, -0.1) is 5.73 Å². The first kappa shape index (κ1) is 8.57. The van der Waals surface area contributed by atoms with E-state index in [0.717, 1.165) is 0 Å². The Labute approximate surface area is 80.8 Å². The first-order valence-electron chi connectivity index (χ1n) is 3.41. The van der Waals surface area contributed by atoms with Crippen molar-refractivity contribution in [2.45, 2.75) is 6.92 Å². The van der Waals surface area contributed by atoms with Crippen LogP contribution in [0.25, 0.3) is 6.08 Å². The molecular formula is C10H9I. The molecule has 0 spiro atoms. The summed E-state index contributed by atoms with van der Waals surface area (Å²) in [7, 11) is 0. The van der Waals surface area contributed by atoms with Gasteiger partial charge in [0.15, 0.2) is 0 Å². The Bertz CT molecular complexity index is 293. The topological polar surface area (TPSA) is 0 Å². The van der Waals surface area contributed by atoms with Crippen LogP contribution >= 0.6 is 22.6 Å². The monoisotopic (exact) mass is 256 g/mol. The van der Waals surface area contributed by atoms with Crippen LogP contribution < -0.4 is 0 Å². The van der Waals surface area contributed by atoms with Gasteiger partial charge in [-0.05, 0) is 46.7 Å². The summed E-state index contributed by atoms with van der Waals surface area (Å²) in [6, 6.07) is 8.26. The molecule has 0 radical (unpaired) electrons. The number of benzene rings is 1. The molecule has 0 atom stereocenters. The summed E-state index contributed by atoms with van der Waals surface area (Å²) in [4.78, 5) is 0. The van der Waals surface area contributed by atoms with E-state index >= 15 is 0 Å². The van der Waals surface area contributed by atoms with Crippen molar-refractivity contribution < 1.29 is 0 Å². The molecule has 0 amide bonds. The van der Waals surface area contributed by atoms with Crippen LogP contribution in [0.5, 0.6) is 0 Å². The van der Waals surface area contributed by atoms with Gasteiger partial charge in [0, 0.05) is 4.08 Å². The van der Waals surface area contributed by atoms with Crippen LogP contribution in [0.3, 0.4) is 0 Å². The number of rotatable bonds is 1. The number of hydrogen-bond acceptors (Lipinski definition) is 0. The average Bonchev–Trinajstić information content (AvgIpc) is 2.03. The highest BCUT2D eigenvalue weighted by Crippen LogP contribution is 2.07. The van der Waals surface area contributed by atoms with E-state index in [4.69, 9.17) is 0 Å². The Balaban J connectivity index is 3.04. The molecule has 0 bridgehead atoms. The number of aryl methyl sites for hydroxylation is 1. The lowest BCUT2D eigenvalue weighted by atomic mass is 10.1. The first-order chi connectivity index (χ1) is 5.34. The molecule has 1 heteroatoms. The largest absolute Gasteiger partial charge is 0.114 e. The van der Waals surface area contributed by atoms with Crippen molar-refractivity contribution in [2.75, 3.05) is 0 Å². The van der Waals surface area contributed by atoms with Crippen LogP contribution in [-0.4, -0.2) is 0 Å². The van der Waals surface area contributed by atoms with Gasteiger partial charge in [0.2, 0.25) is 0 Å². The lowest BCUT2D eigenvalue weighted by Gasteiger charge is -1.95. The zero-order chi connectivity index (χ0) is 8.10. The highest BCUT2D eigenvalue weighted by Gasteiger charge is 1.88. The Kier molecular flexibility index (Phi) is 3.40. The zero-order valence-electron chi connectivity index (χ0n) is 6.34. The van der Waals surface area contributed by atoms with Gasteiger partial charge in [-0.3, -0.25) is 0 Å². The van der Waals surface area contributed by atoms with Gasteiger partial charge in [-0.25, -0.2) is 0 Å². The highest BCUT2D eigenvalue weighted by atomic mass is 127. The van der Waals surface area contributed by atoms with Gasteiger partial charge in [-0.2, -0.15) is 0 Å². The molecule has 56 valence electrons. The standard InChI is InChI=1S/C10H9I/c1-9-5-2-3-6-10(9)7-4-8-11/h2-3,5-8H,1H3. The van der Waals surface area contributed by atoms with E-state index < -0.39 is 0 Å². The third kappa shape index (κ3) is 2.52. The SMILES string of the molecule is Cc1ccccc1C=C=CI. The normalized spacial score (nSPS) is 8.55. The van der Waals surface area contributed by atoms with Gasteiger partial charge in [-0.1, -0.05) is 24.3 Å². The molecule has 0 aliphatic heterocycles. The van der Waals surface area contributed by atoms with Gasteiger partial charge in [0.25, 0.3) is 0 Å². The lowest BCUT2D eigenvalue weighted by Crippen LogP contribution is -1.75. The molecule has 0 heterocycles. The van der Waals surface area contributed by atoms with Crippen LogP contribution in [0.2, 0.25) is 0 Å². The maximum Gasteiger partial charge on any atom is 0.0187 e. The van der Waals surface area contributed by atoms with Crippen LogP contribution in [0.1, 0.15) is 11.1 Å². The Hall–Kier alpha value is -0.530. The Morgan fingerprint density at radius 3 is 2.73 bits per heavy atom. The summed E-state index contributed by atoms with van der Waals surface area (Å²) in [5.41, 5.74) is 5.57. The van der Waals surface area contributed by atoms with Crippen molar-refractivity contribution in [3.05, 3.63) is 45.2 Å². The predicted molar refractivity (Wildman–Crippen MR) is 57.7 cm³/mol. The van der Waals surface area contributed by atoms with E-state index in [-0.39, 0.29) is 0 Å². The highest BCUT2D eigenvalue weighted by molar-refractivity contribution is 14.1. The van der Waals surface area contributed by atoms with E-state index in [1.165, 1.54) is 11.1 Å². The average molecular weight is 256 g/mol. The molecule has 1 aromatic carbocycles. The molecule has 0 fully saturated rings. The first-order valence-corrected chi connectivity index (χ1v) is 4.66. The fourth-order valence-electron chi connectivity index (χ4n) is 0.870. The summed E-state index contributed by atoms with van der Waals surface area (Å²) in [6.07, 6.45) is 1.99. The van der Waals surface area contributed by atoms with Gasteiger partial charge >= 0.3 is 0 Å². The minimum atomic E-state index is 1.24. The van der Waals surface area contributed by atoms with Crippen LogP contribution in [0.4, 0.5) is 0 Å². The fraction of sp³-hybridized carbons (Fsp3) is 0.100. The minimum Gasteiger partial charge on any atom is -0.114 e. The molecule has 11 heavy (non-hydrogen) atoms. The number of hydrogen-bond donors (Lipinski definition) is 0. The van der Waals surface area contributed by atoms with Gasteiger partial charge in [0.1, 0.15) is 0 Å². The summed E-state index contributed by atoms with van der Waals surface area (Å²) in [5.74, 6) is 0. The maximum absolute atomic E-state index is 3.04. The molecule has 0 nitrogen and oxygen atoms in total. The molecule has 0 aliphatic carbocycles. The fourth-order valence-corrected chi connectivity index (χ4v) is 1.05. The van der Waals surface area contributed by atoms with Crippen LogP contribution in [-0.2, 0) is 0 Å². The summed E-state index contributed by atoms with van der Waals surface area (Å²) < 4.78 is 1.88. The Morgan fingerprint density at radius 1 is 1.36 bits per heavy atom. The molecule has 0 aromatic heterocycles. The molecule has 1 rings (SSSR count). The molecular weight excluding hydrogens is 247 g/mol. The summed E-state index contributed by atoms with van der Waals surface area (Å²) >= 11 is 2.16. The van der Waals surface area contributed by atoms with Crippen LogP contribution in [0, 0.1) is 6.92 Å². The molecule has 0 N–H and O–H groups in total. The van der Waals surface area contributed by atoms with E-state index in [1.54, 1.807) is 0 Å². The van der Waals surface area contributed by atoms with E-state index in [0.29, 0.717) is 0 Å². The van der Waals surface area contributed by atoms with Gasteiger partial charge in [0.05, 0.1) is 0 Å². The van der Waals surface area contributed by atoms with E-state index in [1.807, 2.05) is 22.3 Å². The molecule has 0 saturated heterocycles. The quantitative estimate of drug-likeness (QED) is 0.532. The van der Waals surface area contributed by atoms with Crippen molar-refractivity contribution in [3.8, 4) is 0 Å². The smallest absolute Gasteiger partial charge is 0.0187 e. The van der Waals surface area contributed by atoms with Crippen molar-refractivity contribution in [1.29, 1.82) is 0 Å². The number of halogens is 1. The Morgan fingerprint density at radius 2 is 2.09 bits per heavy atom. The maximum atomic E-state index is 3.04. The van der Waals surface area contributed by atoms with E-state index in [2.05, 4.69) is 47.4 Å².